The highest BCUT2D eigenvalue weighted by molar-refractivity contribution is 7.86. The minimum atomic E-state index is -4.29. The number of hydrogen-bond donors (Lipinski definition) is 2. The fraction of sp³-hybridized carbons (Fsp3) is 0.680. The van der Waals surface area contributed by atoms with Gasteiger partial charge in [-0.1, -0.05) is 76.9 Å². The minimum absolute atomic E-state index is 0.142. The van der Waals surface area contributed by atoms with Gasteiger partial charge >= 0.3 is 0 Å². The first kappa shape index (κ1) is 27.5. The summed E-state index contributed by atoms with van der Waals surface area (Å²) in [6, 6.07) is 4.64. The van der Waals surface area contributed by atoms with Gasteiger partial charge in [0.1, 0.15) is 10.6 Å². The molecule has 0 unspecified atom stereocenters. The molecule has 1 rings (SSSR count). The van der Waals surface area contributed by atoms with Crippen LogP contribution in [0.15, 0.2) is 35.2 Å². The average molecular weight is 454 g/mol. The Morgan fingerprint density at radius 1 is 0.871 bits per heavy atom. The zero-order valence-corrected chi connectivity index (χ0v) is 20.4. The van der Waals surface area contributed by atoms with E-state index >= 15 is 0 Å². The van der Waals surface area contributed by atoms with Gasteiger partial charge in [0.15, 0.2) is 0 Å². The Hall–Kier alpha value is -1.53. The van der Waals surface area contributed by atoms with Crippen molar-refractivity contribution in [3.63, 3.8) is 0 Å². The molecule has 0 atom stereocenters. The first-order valence-electron chi connectivity index (χ1n) is 12.0. The Kier molecular flexibility index (Phi) is 15.2. The third-order valence-electron chi connectivity index (χ3n) is 5.47. The summed E-state index contributed by atoms with van der Waals surface area (Å²) >= 11 is 0. The van der Waals surface area contributed by atoms with E-state index in [4.69, 9.17) is 4.74 Å². The summed E-state index contributed by atoms with van der Waals surface area (Å²) in [6.45, 7) is 2.93. The van der Waals surface area contributed by atoms with Crippen LogP contribution < -0.4 is 10.1 Å². The molecule has 0 radical (unpaired) electrons. The van der Waals surface area contributed by atoms with Gasteiger partial charge in [-0.3, -0.25) is 4.55 Å². The number of rotatable bonds is 19. The van der Waals surface area contributed by atoms with Gasteiger partial charge in [-0.2, -0.15) is 8.42 Å². The molecule has 5 nitrogen and oxygen atoms in total. The highest BCUT2D eigenvalue weighted by atomic mass is 32.2. The molecule has 0 saturated carbocycles. The quantitative estimate of drug-likeness (QED) is 0.130. The molecule has 1 aromatic carbocycles. The molecule has 0 aliphatic carbocycles. The Morgan fingerprint density at radius 2 is 1.42 bits per heavy atom. The summed E-state index contributed by atoms with van der Waals surface area (Å²) in [6.07, 6.45) is 22.3. The van der Waals surface area contributed by atoms with Crippen molar-refractivity contribution in [3.05, 3.63) is 30.4 Å². The maximum atomic E-state index is 11.6. The van der Waals surface area contributed by atoms with Crippen LogP contribution in [-0.2, 0) is 10.1 Å². The van der Waals surface area contributed by atoms with Crippen molar-refractivity contribution in [3.8, 4) is 5.75 Å². The van der Waals surface area contributed by atoms with E-state index in [1.807, 2.05) is 0 Å². The van der Waals surface area contributed by atoms with Gasteiger partial charge in [-0.05, 0) is 44.2 Å². The molecule has 0 heterocycles. The second-order valence-corrected chi connectivity index (χ2v) is 9.59. The summed E-state index contributed by atoms with van der Waals surface area (Å²) in [7, 11) is -2.83. The predicted molar refractivity (Wildman–Crippen MR) is 131 cm³/mol. The molecule has 31 heavy (non-hydrogen) atoms. The molecule has 178 valence electrons. The lowest BCUT2D eigenvalue weighted by Crippen LogP contribution is -2.08. The van der Waals surface area contributed by atoms with Gasteiger partial charge < -0.3 is 10.1 Å². The minimum Gasteiger partial charge on any atom is -0.497 e. The summed E-state index contributed by atoms with van der Waals surface area (Å²) in [5.74, 6) is 0.399. The number of nitrogens with one attached hydrogen (secondary N) is 1. The van der Waals surface area contributed by atoms with Crippen molar-refractivity contribution in [1.82, 2.24) is 0 Å². The van der Waals surface area contributed by atoms with Crippen LogP contribution in [0, 0.1) is 0 Å². The highest BCUT2D eigenvalue weighted by Gasteiger charge is 2.16. The Labute approximate surface area is 190 Å². The fourth-order valence-electron chi connectivity index (χ4n) is 3.58. The monoisotopic (exact) mass is 453 g/mol. The third-order valence-corrected chi connectivity index (χ3v) is 6.36. The van der Waals surface area contributed by atoms with E-state index in [9.17, 15) is 13.0 Å². The van der Waals surface area contributed by atoms with E-state index in [1.165, 1.54) is 90.2 Å². The van der Waals surface area contributed by atoms with Crippen LogP contribution in [-0.4, -0.2) is 26.6 Å². The van der Waals surface area contributed by atoms with Gasteiger partial charge in [0, 0.05) is 12.6 Å². The van der Waals surface area contributed by atoms with Gasteiger partial charge in [-0.15, -0.1) is 0 Å². The second-order valence-electron chi connectivity index (χ2n) is 8.20. The summed E-state index contributed by atoms with van der Waals surface area (Å²) in [5.41, 5.74) is 0.413. The van der Waals surface area contributed by atoms with Crippen LogP contribution in [0.2, 0.25) is 0 Å². The zero-order valence-electron chi connectivity index (χ0n) is 19.6. The number of anilines is 1. The fourth-order valence-corrected chi connectivity index (χ4v) is 4.27. The molecule has 0 aliphatic rings. The molecule has 0 aromatic heterocycles. The average Bonchev–Trinajstić information content (AvgIpc) is 2.75. The maximum absolute atomic E-state index is 11.6. The summed E-state index contributed by atoms with van der Waals surface area (Å²) in [4.78, 5) is -0.142. The van der Waals surface area contributed by atoms with Gasteiger partial charge in [0.05, 0.1) is 12.8 Å². The lowest BCUT2D eigenvalue weighted by atomic mass is 10.1. The number of methoxy groups -OCH3 is 1. The van der Waals surface area contributed by atoms with Crippen molar-refractivity contribution in [2.45, 2.75) is 102 Å². The lowest BCUT2D eigenvalue weighted by Gasteiger charge is -2.11. The standard InChI is InChI=1S/C25H43NO4S/c1-3-4-5-6-7-8-9-10-11-12-13-14-15-16-17-18-21-26-24-20-19-23(30-2)22-25(24)31(27,28)29/h10-11,19-20,22,26H,3-9,12-18,21H2,1-2H3,(H,27,28,29). The molecule has 0 saturated heterocycles. The molecule has 0 aliphatic heterocycles. The molecule has 0 amide bonds. The van der Waals surface area contributed by atoms with E-state index in [0.29, 0.717) is 18.0 Å². The van der Waals surface area contributed by atoms with Crippen molar-refractivity contribution in [2.24, 2.45) is 0 Å². The van der Waals surface area contributed by atoms with Crippen LogP contribution in [0.3, 0.4) is 0 Å². The Bertz CT molecular complexity index is 716. The normalized spacial score (nSPS) is 11.8. The smallest absolute Gasteiger partial charge is 0.296 e. The first-order chi connectivity index (χ1) is 15.0. The zero-order chi connectivity index (χ0) is 22.8. The number of allylic oxidation sites excluding steroid dienone is 2. The number of unbranched alkanes of at least 4 members (excludes halogenated alkanes) is 12. The molecule has 2 N–H and O–H groups in total. The molecule has 0 spiro atoms. The predicted octanol–water partition coefficient (Wildman–Crippen LogP) is 7.39. The van der Waals surface area contributed by atoms with Crippen LogP contribution in [0.1, 0.15) is 96.8 Å². The van der Waals surface area contributed by atoms with Gasteiger partial charge in [-0.25, -0.2) is 0 Å². The largest absolute Gasteiger partial charge is 0.497 e. The Balaban J connectivity index is 2.03. The van der Waals surface area contributed by atoms with Crippen molar-refractivity contribution >= 4 is 15.8 Å². The van der Waals surface area contributed by atoms with Gasteiger partial charge in [0.25, 0.3) is 10.1 Å². The van der Waals surface area contributed by atoms with Gasteiger partial charge in [0.2, 0.25) is 0 Å². The topological polar surface area (TPSA) is 75.6 Å². The number of hydrogen-bond acceptors (Lipinski definition) is 4. The number of benzene rings is 1. The van der Waals surface area contributed by atoms with E-state index in [-0.39, 0.29) is 4.90 Å². The van der Waals surface area contributed by atoms with Crippen LogP contribution >= 0.6 is 0 Å². The molecular formula is C25H43NO4S. The van der Waals surface area contributed by atoms with Crippen molar-refractivity contribution in [1.29, 1.82) is 0 Å². The highest BCUT2D eigenvalue weighted by Crippen LogP contribution is 2.26. The van der Waals surface area contributed by atoms with E-state index < -0.39 is 10.1 Å². The van der Waals surface area contributed by atoms with Crippen molar-refractivity contribution in [2.75, 3.05) is 19.0 Å². The van der Waals surface area contributed by atoms with E-state index in [0.717, 1.165) is 12.8 Å². The van der Waals surface area contributed by atoms with Crippen molar-refractivity contribution < 1.29 is 17.7 Å². The third kappa shape index (κ3) is 13.5. The first-order valence-corrected chi connectivity index (χ1v) is 13.5. The van der Waals surface area contributed by atoms with E-state index in [1.54, 1.807) is 12.1 Å². The number of ether oxygens (including phenoxy) is 1. The SMILES string of the molecule is CCCCCCCCC=CCCCCCCCCNc1ccc(OC)cc1S(=O)(=O)O. The van der Waals surface area contributed by atoms with E-state index in [2.05, 4.69) is 24.4 Å². The molecule has 6 heteroatoms. The molecule has 0 fully saturated rings. The Morgan fingerprint density at radius 3 is 1.97 bits per heavy atom. The van der Waals surface area contributed by atoms with Crippen LogP contribution in [0.4, 0.5) is 5.69 Å². The maximum Gasteiger partial charge on any atom is 0.296 e. The summed E-state index contributed by atoms with van der Waals surface area (Å²) < 4.78 is 37.6. The lowest BCUT2D eigenvalue weighted by molar-refractivity contribution is 0.412. The van der Waals surface area contributed by atoms with Crippen LogP contribution in [0.25, 0.3) is 0 Å². The van der Waals surface area contributed by atoms with Crippen LogP contribution in [0.5, 0.6) is 5.75 Å². The molecule has 0 bridgehead atoms. The summed E-state index contributed by atoms with van der Waals surface area (Å²) in [5, 5.41) is 3.12. The molecule has 1 aromatic rings. The molecular weight excluding hydrogens is 410 g/mol. The second kappa shape index (κ2) is 17.1.